The summed E-state index contributed by atoms with van der Waals surface area (Å²) in [5.74, 6) is -1.53. The molecule has 1 aliphatic heterocycles. The van der Waals surface area contributed by atoms with Gasteiger partial charge in [-0.2, -0.15) is 5.01 Å². The van der Waals surface area contributed by atoms with Gasteiger partial charge in [0.25, 0.3) is 11.8 Å². The number of thioether (sulfide) groups is 1. The van der Waals surface area contributed by atoms with Crippen LogP contribution in [0.5, 0.6) is 5.75 Å². The smallest absolute Gasteiger partial charge is 0.344 e. The number of carboxylic acid groups (broad SMARTS) is 1. The second-order valence-electron chi connectivity index (χ2n) is 6.70. The van der Waals surface area contributed by atoms with Gasteiger partial charge in [-0.1, -0.05) is 49.0 Å². The van der Waals surface area contributed by atoms with Crippen molar-refractivity contribution >= 4 is 52.2 Å². The van der Waals surface area contributed by atoms with Crippen LogP contribution in [0.4, 0.5) is 0 Å². The second kappa shape index (κ2) is 9.76. The number of hydrogen-bond donors (Lipinski definition) is 2. The number of benzene rings is 2. The van der Waals surface area contributed by atoms with E-state index in [2.05, 4.69) is 5.43 Å². The van der Waals surface area contributed by atoms with Gasteiger partial charge < -0.3 is 9.84 Å². The van der Waals surface area contributed by atoms with Crippen molar-refractivity contribution in [1.29, 1.82) is 0 Å². The standard InChI is InChI=1S/C22H20N2O5S2/c1-3-17(21(27)28)29-15-9-6-8-14(11-15)12-18-20(26)24(22(30)31-18)23-19(25)16-10-5-4-7-13(16)2/h4-12,17H,3H2,1-2H3,(H,23,25)(H,27,28)/b18-12+. The maximum atomic E-state index is 12.8. The number of amides is 2. The molecule has 1 unspecified atom stereocenters. The van der Waals surface area contributed by atoms with Crippen LogP contribution in [0.15, 0.2) is 53.4 Å². The number of nitrogens with one attached hydrogen (secondary N) is 1. The molecule has 2 aromatic carbocycles. The Labute approximate surface area is 189 Å². The molecular weight excluding hydrogens is 436 g/mol. The van der Waals surface area contributed by atoms with Gasteiger partial charge in [-0.05, 0) is 61.0 Å². The summed E-state index contributed by atoms with van der Waals surface area (Å²) in [5, 5.41) is 10.2. The molecule has 1 fully saturated rings. The summed E-state index contributed by atoms with van der Waals surface area (Å²) in [4.78, 5) is 36.9. The maximum absolute atomic E-state index is 12.8. The van der Waals surface area contributed by atoms with E-state index >= 15 is 0 Å². The number of carboxylic acids is 1. The molecule has 160 valence electrons. The van der Waals surface area contributed by atoms with Crippen LogP contribution in [-0.2, 0) is 9.59 Å². The van der Waals surface area contributed by atoms with Crippen molar-refractivity contribution in [2.75, 3.05) is 0 Å². The van der Waals surface area contributed by atoms with Gasteiger partial charge in [0.05, 0.1) is 4.91 Å². The highest BCUT2D eigenvalue weighted by molar-refractivity contribution is 8.26. The molecule has 31 heavy (non-hydrogen) atoms. The zero-order chi connectivity index (χ0) is 22.5. The maximum Gasteiger partial charge on any atom is 0.344 e. The fourth-order valence-electron chi connectivity index (χ4n) is 2.86. The lowest BCUT2D eigenvalue weighted by atomic mass is 10.1. The van der Waals surface area contributed by atoms with Crippen LogP contribution in [0.25, 0.3) is 6.08 Å². The summed E-state index contributed by atoms with van der Waals surface area (Å²) in [6, 6.07) is 13.8. The van der Waals surface area contributed by atoms with Gasteiger partial charge in [0, 0.05) is 5.56 Å². The Balaban J connectivity index is 1.76. The first kappa shape index (κ1) is 22.5. The van der Waals surface area contributed by atoms with E-state index in [1.807, 2.05) is 19.1 Å². The Morgan fingerprint density at radius 2 is 2.00 bits per heavy atom. The highest BCUT2D eigenvalue weighted by Crippen LogP contribution is 2.32. The third kappa shape index (κ3) is 5.31. The van der Waals surface area contributed by atoms with Crippen LogP contribution in [0, 0.1) is 6.92 Å². The van der Waals surface area contributed by atoms with E-state index in [0.717, 1.165) is 22.3 Å². The van der Waals surface area contributed by atoms with Crippen LogP contribution in [0.3, 0.4) is 0 Å². The first-order valence-corrected chi connectivity index (χ1v) is 10.7. The van der Waals surface area contributed by atoms with E-state index < -0.39 is 23.9 Å². The summed E-state index contributed by atoms with van der Waals surface area (Å²) < 4.78 is 5.71. The van der Waals surface area contributed by atoms with Crippen LogP contribution in [0.1, 0.15) is 34.8 Å². The molecule has 1 saturated heterocycles. The van der Waals surface area contributed by atoms with Crippen molar-refractivity contribution in [3.05, 3.63) is 70.1 Å². The topological polar surface area (TPSA) is 95.9 Å². The number of aliphatic carboxylic acids is 1. The van der Waals surface area contributed by atoms with Gasteiger partial charge in [-0.15, -0.1) is 0 Å². The number of carbonyl (C=O) groups is 3. The molecule has 0 bridgehead atoms. The Kier molecular flexibility index (Phi) is 7.09. The number of nitrogens with zero attached hydrogens (tertiary/aromatic N) is 1. The zero-order valence-corrected chi connectivity index (χ0v) is 18.5. The van der Waals surface area contributed by atoms with E-state index in [4.69, 9.17) is 22.1 Å². The van der Waals surface area contributed by atoms with E-state index in [0.29, 0.717) is 28.2 Å². The first-order chi connectivity index (χ1) is 14.8. The van der Waals surface area contributed by atoms with Crippen molar-refractivity contribution < 1.29 is 24.2 Å². The third-order valence-corrected chi connectivity index (χ3v) is 5.78. The Hall–Kier alpha value is -3.17. The molecule has 2 amide bonds. The van der Waals surface area contributed by atoms with Crippen LogP contribution in [0.2, 0.25) is 0 Å². The molecule has 0 radical (unpaired) electrons. The second-order valence-corrected chi connectivity index (χ2v) is 8.37. The largest absolute Gasteiger partial charge is 0.479 e. The van der Waals surface area contributed by atoms with Crippen molar-refractivity contribution in [3.8, 4) is 5.75 Å². The number of hydrazine groups is 1. The first-order valence-electron chi connectivity index (χ1n) is 9.44. The lowest BCUT2D eigenvalue weighted by Crippen LogP contribution is -2.45. The summed E-state index contributed by atoms with van der Waals surface area (Å²) >= 11 is 6.33. The quantitative estimate of drug-likeness (QED) is 0.483. The molecule has 1 aliphatic rings. The number of ether oxygens (including phenoxy) is 1. The minimum Gasteiger partial charge on any atom is -0.479 e. The molecule has 2 aromatic rings. The number of thiocarbonyl (C=S) groups is 1. The summed E-state index contributed by atoms with van der Waals surface area (Å²) in [5.41, 5.74) is 4.44. The SMILES string of the molecule is CCC(Oc1cccc(/C=C2/SC(=S)N(NC(=O)c3ccccc3C)C2=O)c1)C(=O)O. The van der Waals surface area contributed by atoms with Crippen molar-refractivity contribution in [1.82, 2.24) is 10.4 Å². The van der Waals surface area contributed by atoms with Gasteiger partial charge in [0.1, 0.15) is 5.75 Å². The van der Waals surface area contributed by atoms with Crippen LogP contribution in [-0.4, -0.2) is 38.3 Å². The predicted octanol–water partition coefficient (Wildman–Crippen LogP) is 3.78. The van der Waals surface area contributed by atoms with Crippen molar-refractivity contribution in [2.45, 2.75) is 26.4 Å². The molecule has 1 heterocycles. The minimum atomic E-state index is -1.04. The monoisotopic (exact) mass is 456 g/mol. The fraction of sp³-hybridized carbons (Fsp3) is 0.182. The fourth-order valence-corrected chi connectivity index (χ4v) is 4.03. The summed E-state index contributed by atoms with van der Waals surface area (Å²) in [7, 11) is 0. The highest BCUT2D eigenvalue weighted by atomic mass is 32.2. The lowest BCUT2D eigenvalue weighted by Gasteiger charge is -2.16. The van der Waals surface area contributed by atoms with E-state index in [1.165, 1.54) is 0 Å². The molecule has 0 spiro atoms. The number of aryl methyl sites for hydroxylation is 1. The zero-order valence-electron chi connectivity index (χ0n) is 16.8. The van der Waals surface area contributed by atoms with E-state index in [9.17, 15) is 14.4 Å². The summed E-state index contributed by atoms with van der Waals surface area (Å²) in [6.07, 6.45) is 0.984. The Morgan fingerprint density at radius 1 is 1.26 bits per heavy atom. The molecule has 0 aromatic heterocycles. The molecule has 3 rings (SSSR count). The Bertz CT molecular complexity index is 1080. The van der Waals surface area contributed by atoms with E-state index in [-0.39, 0.29) is 4.32 Å². The molecule has 0 aliphatic carbocycles. The molecule has 7 nitrogen and oxygen atoms in total. The van der Waals surface area contributed by atoms with Crippen LogP contribution >= 0.6 is 24.0 Å². The highest BCUT2D eigenvalue weighted by Gasteiger charge is 2.34. The molecular formula is C22H20N2O5S2. The van der Waals surface area contributed by atoms with E-state index in [1.54, 1.807) is 49.4 Å². The van der Waals surface area contributed by atoms with Crippen molar-refractivity contribution in [3.63, 3.8) is 0 Å². The number of rotatable bonds is 7. The average molecular weight is 457 g/mol. The minimum absolute atomic E-state index is 0.211. The normalized spacial score (nSPS) is 15.8. The van der Waals surface area contributed by atoms with Gasteiger partial charge in [0.15, 0.2) is 10.4 Å². The van der Waals surface area contributed by atoms with Gasteiger partial charge in [0.2, 0.25) is 0 Å². The predicted molar refractivity (Wildman–Crippen MR) is 122 cm³/mol. The lowest BCUT2D eigenvalue weighted by molar-refractivity contribution is -0.145. The van der Waals surface area contributed by atoms with Gasteiger partial charge in [-0.25, -0.2) is 4.79 Å². The molecule has 0 saturated carbocycles. The van der Waals surface area contributed by atoms with Crippen molar-refractivity contribution in [2.24, 2.45) is 0 Å². The molecule has 2 N–H and O–H groups in total. The number of hydrogen-bond acceptors (Lipinski definition) is 6. The molecule has 9 heteroatoms. The van der Waals surface area contributed by atoms with Crippen LogP contribution < -0.4 is 10.2 Å². The Morgan fingerprint density at radius 3 is 2.68 bits per heavy atom. The molecule has 1 atom stereocenters. The van der Waals surface area contributed by atoms with Gasteiger partial charge in [-0.3, -0.25) is 15.0 Å². The number of carbonyl (C=O) groups excluding carboxylic acids is 2. The third-order valence-electron chi connectivity index (χ3n) is 4.48. The average Bonchev–Trinajstić information content (AvgIpc) is 2.99. The summed E-state index contributed by atoms with van der Waals surface area (Å²) in [6.45, 7) is 3.53. The van der Waals surface area contributed by atoms with Gasteiger partial charge >= 0.3 is 5.97 Å².